The molecule has 2 heterocycles. The molecule has 20 heavy (non-hydrogen) atoms. The maximum Gasteiger partial charge on any atom is 0.243 e. The van der Waals surface area contributed by atoms with Crippen LogP contribution in [0.4, 0.5) is 0 Å². The fourth-order valence-electron chi connectivity index (χ4n) is 2.87. The second-order valence-corrected chi connectivity index (χ2v) is 6.92. The fourth-order valence-corrected chi connectivity index (χ4v) is 4.55. The molecule has 3 rings (SSSR count). The second-order valence-electron chi connectivity index (χ2n) is 5.03. The summed E-state index contributed by atoms with van der Waals surface area (Å²) < 4.78 is 31.7. The second kappa shape index (κ2) is 4.75. The number of benzene rings is 1. The lowest BCUT2D eigenvalue weighted by molar-refractivity contribution is -0.119. The maximum absolute atomic E-state index is 12.6. The normalized spacial score (nSPS) is 26.4. The molecular formula is C13H16N2O4S. The summed E-state index contributed by atoms with van der Waals surface area (Å²) >= 11 is 0. The third kappa shape index (κ3) is 2.06. The highest BCUT2D eigenvalue weighted by molar-refractivity contribution is 7.89. The van der Waals surface area contributed by atoms with Gasteiger partial charge in [0.15, 0.2) is 0 Å². The lowest BCUT2D eigenvalue weighted by Gasteiger charge is -2.22. The highest BCUT2D eigenvalue weighted by atomic mass is 32.2. The van der Waals surface area contributed by atoms with E-state index in [0.29, 0.717) is 18.7 Å². The molecule has 0 aliphatic carbocycles. The first kappa shape index (κ1) is 13.4. The zero-order valence-electron chi connectivity index (χ0n) is 11.1. The first-order chi connectivity index (χ1) is 9.52. The molecule has 0 bridgehead atoms. The summed E-state index contributed by atoms with van der Waals surface area (Å²) in [6.07, 6.45) is 0.922. The largest absolute Gasteiger partial charge is 0.497 e. The molecule has 0 unspecified atom stereocenters. The van der Waals surface area contributed by atoms with Gasteiger partial charge in [-0.3, -0.25) is 4.79 Å². The number of sulfonamides is 1. The summed E-state index contributed by atoms with van der Waals surface area (Å²) in [5.74, 6) is 0.538. The van der Waals surface area contributed by atoms with Gasteiger partial charge in [0.2, 0.25) is 15.9 Å². The molecule has 7 heteroatoms. The SMILES string of the molecule is COc1ccc(S(=O)(=O)N2CC[C@@H]3NC(=O)C[C@H]32)cc1. The number of nitrogens with zero attached hydrogens (tertiary/aromatic N) is 1. The fraction of sp³-hybridized carbons (Fsp3) is 0.462. The predicted octanol–water partition coefficient (Wildman–Crippen LogP) is 0.347. The highest BCUT2D eigenvalue weighted by Gasteiger charge is 2.46. The number of methoxy groups -OCH3 is 1. The van der Waals surface area contributed by atoms with Gasteiger partial charge < -0.3 is 10.1 Å². The van der Waals surface area contributed by atoms with Crippen LogP contribution in [0.1, 0.15) is 12.8 Å². The Kier molecular flexibility index (Phi) is 3.18. The molecule has 0 radical (unpaired) electrons. The molecular weight excluding hydrogens is 280 g/mol. The lowest BCUT2D eigenvalue weighted by Crippen LogP contribution is -2.38. The quantitative estimate of drug-likeness (QED) is 0.873. The molecule has 1 aromatic rings. The Bertz CT molecular complexity index is 626. The molecule has 0 spiro atoms. The minimum Gasteiger partial charge on any atom is -0.497 e. The van der Waals surface area contributed by atoms with Gasteiger partial charge in [-0.15, -0.1) is 0 Å². The van der Waals surface area contributed by atoms with Crippen molar-refractivity contribution in [3.8, 4) is 5.75 Å². The number of carbonyl (C=O) groups excluding carboxylic acids is 1. The van der Waals surface area contributed by atoms with E-state index in [4.69, 9.17) is 4.74 Å². The van der Waals surface area contributed by atoms with Crippen LogP contribution >= 0.6 is 0 Å². The van der Waals surface area contributed by atoms with Crippen LogP contribution in [0.2, 0.25) is 0 Å². The summed E-state index contributed by atoms with van der Waals surface area (Å²) in [7, 11) is -2.02. The third-order valence-corrected chi connectivity index (χ3v) is 5.84. The van der Waals surface area contributed by atoms with E-state index in [1.807, 2.05) is 0 Å². The molecule has 0 saturated carbocycles. The molecule has 2 aliphatic rings. The molecule has 2 aliphatic heterocycles. The topological polar surface area (TPSA) is 75.7 Å². The molecule has 2 fully saturated rings. The van der Waals surface area contributed by atoms with Crippen molar-refractivity contribution in [1.82, 2.24) is 9.62 Å². The summed E-state index contributed by atoms with van der Waals surface area (Å²) in [4.78, 5) is 11.6. The third-order valence-electron chi connectivity index (χ3n) is 3.90. The molecule has 6 nitrogen and oxygen atoms in total. The van der Waals surface area contributed by atoms with Crippen LogP contribution in [-0.2, 0) is 14.8 Å². The van der Waals surface area contributed by atoms with Crippen LogP contribution in [0, 0.1) is 0 Å². The van der Waals surface area contributed by atoms with Gasteiger partial charge in [0, 0.05) is 19.0 Å². The lowest BCUT2D eigenvalue weighted by atomic mass is 10.1. The summed E-state index contributed by atoms with van der Waals surface area (Å²) in [6.45, 7) is 0.448. The van der Waals surface area contributed by atoms with E-state index >= 15 is 0 Å². The number of carbonyl (C=O) groups is 1. The van der Waals surface area contributed by atoms with E-state index in [9.17, 15) is 13.2 Å². The Balaban J connectivity index is 1.89. The molecule has 2 atom stereocenters. The Morgan fingerprint density at radius 3 is 2.65 bits per heavy atom. The van der Waals surface area contributed by atoms with Crippen molar-refractivity contribution < 1.29 is 17.9 Å². The van der Waals surface area contributed by atoms with Crippen molar-refractivity contribution in [3.05, 3.63) is 24.3 Å². The van der Waals surface area contributed by atoms with Gasteiger partial charge >= 0.3 is 0 Å². The van der Waals surface area contributed by atoms with Crippen molar-refractivity contribution in [1.29, 1.82) is 0 Å². The van der Waals surface area contributed by atoms with Crippen LogP contribution < -0.4 is 10.1 Å². The van der Waals surface area contributed by atoms with Crippen LogP contribution in [0.25, 0.3) is 0 Å². The van der Waals surface area contributed by atoms with Crippen LogP contribution in [0.15, 0.2) is 29.2 Å². The summed E-state index contributed by atoms with van der Waals surface area (Å²) in [5.41, 5.74) is 0. The van der Waals surface area contributed by atoms with Gasteiger partial charge in [-0.2, -0.15) is 4.31 Å². The highest BCUT2D eigenvalue weighted by Crippen LogP contribution is 2.31. The van der Waals surface area contributed by atoms with E-state index < -0.39 is 10.0 Å². The molecule has 108 valence electrons. The Labute approximate surface area is 117 Å². The minimum absolute atomic E-state index is 0.0458. The van der Waals surface area contributed by atoms with Crippen LogP contribution in [0.5, 0.6) is 5.75 Å². The van der Waals surface area contributed by atoms with E-state index in [2.05, 4.69) is 5.32 Å². The summed E-state index contributed by atoms with van der Waals surface area (Å²) in [6, 6.07) is 6.01. The molecule has 1 amide bonds. The van der Waals surface area contributed by atoms with Crippen molar-refractivity contribution in [2.24, 2.45) is 0 Å². The summed E-state index contributed by atoms with van der Waals surface area (Å²) in [5, 5.41) is 2.82. The molecule has 0 aromatic heterocycles. The standard InChI is InChI=1S/C13H16N2O4S/c1-19-9-2-4-10(5-3-9)20(17,18)15-7-6-11-12(15)8-13(16)14-11/h2-5,11-12H,6-8H2,1H3,(H,14,16)/t11-,12+/m0/s1. The average molecular weight is 296 g/mol. The predicted molar refractivity (Wildman–Crippen MR) is 71.8 cm³/mol. The van der Waals surface area contributed by atoms with Crippen LogP contribution in [-0.4, -0.2) is 44.4 Å². The first-order valence-corrected chi connectivity index (χ1v) is 7.91. The molecule has 1 aromatic carbocycles. The first-order valence-electron chi connectivity index (χ1n) is 6.47. The van der Waals surface area contributed by atoms with Gasteiger partial charge in [-0.05, 0) is 30.7 Å². The van der Waals surface area contributed by atoms with E-state index in [1.54, 1.807) is 12.1 Å². The van der Waals surface area contributed by atoms with Crippen molar-refractivity contribution in [3.63, 3.8) is 0 Å². The minimum atomic E-state index is -3.56. The number of fused-ring (bicyclic) bond motifs is 1. The zero-order valence-corrected chi connectivity index (χ0v) is 11.9. The number of ether oxygens (including phenoxy) is 1. The average Bonchev–Trinajstić information content (AvgIpc) is 2.97. The molecule has 1 N–H and O–H groups in total. The number of rotatable bonds is 3. The number of amides is 1. The van der Waals surface area contributed by atoms with E-state index in [0.717, 1.165) is 0 Å². The van der Waals surface area contributed by atoms with Crippen molar-refractivity contribution in [2.45, 2.75) is 29.8 Å². The smallest absolute Gasteiger partial charge is 0.243 e. The van der Waals surface area contributed by atoms with Gasteiger partial charge in [-0.1, -0.05) is 0 Å². The molecule has 2 saturated heterocycles. The monoisotopic (exact) mass is 296 g/mol. The van der Waals surface area contributed by atoms with Crippen molar-refractivity contribution in [2.75, 3.05) is 13.7 Å². The zero-order chi connectivity index (χ0) is 14.3. The Morgan fingerprint density at radius 1 is 1.30 bits per heavy atom. The van der Waals surface area contributed by atoms with Crippen LogP contribution in [0.3, 0.4) is 0 Å². The van der Waals surface area contributed by atoms with Gasteiger partial charge in [0.05, 0.1) is 18.0 Å². The number of hydrogen-bond acceptors (Lipinski definition) is 4. The number of nitrogens with one attached hydrogen (secondary N) is 1. The van der Waals surface area contributed by atoms with Gasteiger partial charge in [-0.25, -0.2) is 8.42 Å². The van der Waals surface area contributed by atoms with Gasteiger partial charge in [0.1, 0.15) is 5.75 Å². The van der Waals surface area contributed by atoms with E-state index in [-0.39, 0.29) is 29.3 Å². The number of hydrogen-bond donors (Lipinski definition) is 1. The van der Waals surface area contributed by atoms with Gasteiger partial charge in [0.25, 0.3) is 0 Å². The Hall–Kier alpha value is -1.60. The van der Waals surface area contributed by atoms with E-state index in [1.165, 1.54) is 23.5 Å². The Morgan fingerprint density at radius 2 is 2.00 bits per heavy atom. The maximum atomic E-state index is 12.6. The van der Waals surface area contributed by atoms with Crippen molar-refractivity contribution >= 4 is 15.9 Å².